The van der Waals surface area contributed by atoms with Gasteiger partial charge in [0.25, 0.3) is 0 Å². The molecule has 0 radical (unpaired) electrons. The molecular weight excluding hydrogens is 364 g/mol. The van der Waals surface area contributed by atoms with Crippen molar-refractivity contribution in [2.45, 2.75) is 24.9 Å². The lowest BCUT2D eigenvalue weighted by atomic mass is 10.1. The third-order valence-corrected chi connectivity index (χ3v) is 6.23. The third-order valence-electron chi connectivity index (χ3n) is 4.79. The van der Waals surface area contributed by atoms with Crippen LogP contribution < -0.4 is 4.90 Å². The molecule has 3 rings (SSSR count). The molecule has 1 saturated heterocycles. The molecule has 5 heteroatoms. The van der Waals surface area contributed by atoms with Crippen LogP contribution in [-0.4, -0.2) is 42.2 Å². The molecule has 0 aromatic heterocycles. The van der Waals surface area contributed by atoms with E-state index >= 15 is 0 Å². The third kappa shape index (κ3) is 4.74. The van der Waals surface area contributed by atoms with Crippen molar-refractivity contribution in [1.29, 1.82) is 0 Å². The fraction of sp³-hybridized carbons (Fsp3) is 0.381. The highest BCUT2D eigenvalue weighted by Crippen LogP contribution is 2.26. The van der Waals surface area contributed by atoms with E-state index in [1.807, 2.05) is 42.2 Å². The Kier molecular flexibility index (Phi) is 6.49. The van der Waals surface area contributed by atoms with E-state index in [0.717, 1.165) is 37.0 Å². The number of piperazine rings is 1. The van der Waals surface area contributed by atoms with Gasteiger partial charge in [0.1, 0.15) is 0 Å². The second-order valence-electron chi connectivity index (χ2n) is 6.68. The number of rotatable bonds is 5. The van der Waals surface area contributed by atoms with Crippen molar-refractivity contribution in [3.63, 3.8) is 0 Å². The van der Waals surface area contributed by atoms with Gasteiger partial charge in [0.15, 0.2) is 0 Å². The first kappa shape index (κ1) is 19.1. The molecule has 0 unspecified atom stereocenters. The molecule has 1 atom stereocenters. The molecular formula is C21H25ClN2OS. The quantitative estimate of drug-likeness (QED) is 0.746. The van der Waals surface area contributed by atoms with Crippen LogP contribution in [0.15, 0.2) is 48.5 Å². The monoisotopic (exact) mass is 388 g/mol. The first-order valence-electron chi connectivity index (χ1n) is 9.00. The fourth-order valence-electron chi connectivity index (χ4n) is 3.21. The van der Waals surface area contributed by atoms with Crippen molar-refractivity contribution < 1.29 is 4.79 Å². The van der Waals surface area contributed by atoms with E-state index in [-0.39, 0.29) is 11.2 Å². The van der Waals surface area contributed by atoms with E-state index in [2.05, 4.69) is 30.0 Å². The average molecular weight is 389 g/mol. The molecule has 138 valence electrons. The first-order valence-corrected chi connectivity index (χ1v) is 10.4. The summed E-state index contributed by atoms with van der Waals surface area (Å²) in [6.07, 6.45) is 0. The zero-order chi connectivity index (χ0) is 18.5. The van der Waals surface area contributed by atoms with Gasteiger partial charge < -0.3 is 9.80 Å². The second-order valence-corrected chi connectivity index (χ2v) is 8.45. The van der Waals surface area contributed by atoms with Gasteiger partial charge in [0.2, 0.25) is 5.91 Å². The molecule has 2 aromatic carbocycles. The summed E-state index contributed by atoms with van der Waals surface area (Å²) in [6, 6.07) is 16.3. The summed E-state index contributed by atoms with van der Waals surface area (Å²) < 4.78 is 0. The van der Waals surface area contributed by atoms with Gasteiger partial charge in [-0.3, -0.25) is 4.79 Å². The minimum absolute atomic E-state index is 0.0188. The molecule has 0 spiro atoms. The van der Waals surface area contributed by atoms with Crippen LogP contribution in [0, 0.1) is 6.92 Å². The van der Waals surface area contributed by atoms with Crippen molar-refractivity contribution in [1.82, 2.24) is 4.90 Å². The lowest BCUT2D eigenvalue weighted by Crippen LogP contribution is -2.50. The van der Waals surface area contributed by atoms with E-state index in [9.17, 15) is 4.79 Å². The highest BCUT2D eigenvalue weighted by Gasteiger charge is 2.25. The number of thioether (sulfide) groups is 1. The molecule has 0 aliphatic carbocycles. The molecule has 0 bridgehead atoms. The lowest BCUT2D eigenvalue weighted by Gasteiger charge is -2.37. The molecule has 0 saturated carbocycles. The Hall–Kier alpha value is -1.65. The smallest absolute Gasteiger partial charge is 0.235 e. The lowest BCUT2D eigenvalue weighted by molar-refractivity contribution is -0.130. The summed E-state index contributed by atoms with van der Waals surface area (Å²) >= 11 is 7.86. The molecule has 1 fully saturated rings. The van der Waals surface area contributed by atoms with Crippen LogP contribution in [0.2, 0.25) is 5.02 Å². The molecule has 1 aliphatic heterocycles. The van der Waals surface area contributed by atoms with Crippen LogP contribution in [0.1, 0.15) is 18.1 Å². The number of amides is 1. The molecule has 1 heterocycles. The van der Waals surface area contributed by atoms with Crippen molar-refractivity contribution in [3.05, 3.63) is 64.7 Å². The Morgan fingerprint density at radius 1 is 1.12 bits per heavy atom. The van der Waals surface area contributed by atoms with Crippen LogP contribution in [0.4, 0.5) is 5.69 Å². The van der Waals surface area contributed by atoms with Gasteiger partial charge in [-0.05, 0) is 37.1 Å². The van der Waals surface area contributed by atoms with Gasteiger partial charge >= 0.3 is 0 Å². The zero-order valence-corrected chi connectivity index (χ0v) is 16.9. The number of hydrogen-bond acceptors (Lipinski definition) is 3. The Labute approximate surface area is 165 Å². The van der Waals surface area contributed by atoms with Crippen molar-refractivity contribution >= 4 is 35.0 Å². The highest BCUT2D eigenvalue weighted by atomic mass is 35.5. The van der Waals surface area contributed by atoms with Gasteiger partial charge in [0, 0.05) is 42.6 Å². The van der Waals surface area contributed by atoms with Crippen molar-refractivity contribution in [3.8, 4) is 0 Å². The van der Waals surface area contributed by atoms with Gasteiger partial charge in [-0.25, -0.2) is 0 Å². The van der Waals surface area contributed by atoms with Crippen molar-refractivity contribution in [2.75, 3.05) is 31.1 Å². The predicted octanol–water partition coefficient (Wildman–Crippen LogP) is 4.62. The molecule has 1 amide bonds. The molecule has 0 N–H and O–H groups in total. The standard InChI is InChI=1S/C21H25ClN2OS/c1-16-8-9-19(22)14-20(16)23-10-12-24(13-11-23)21(25)17(2)26-15-18-6-4-3-5-7-18/h3-9,14,17H,10-13,15H2,1-2H3/t17-/m1/s1. The van der Waals surface area contributed by atoms with Crippen LogP contribution in [0.3, 0.4) is 0 Å². The number of nitrogens with zero attached hydrogens (tertiary/aromatic N) is 2. The number of benzene rings is 2. The number of anilines is 1. The van der Waals surface area contributed by atoms with E-state index in [1.165, 1.54) is 16.8 Å². The Morgan fingerprint density at radius 3 is 2.50 bits per heavy atom. The highest BCUT2D eigenvalue weighted by molar-refractivity contribution is 7.99. The summed E-state index contributed by atoms with van der Waals surface area (Å²) in [4.78, 5) is 17.1. The Morgan fingerprint density at radius 2 is 1.81 bits per heavy atom. The number of aryl methyl sites for hydroxylation is 1. The minimum Gasteiger partial charge on any atom is -0.368 e. The summed E-state index contributed by atoms with van der Waals surface area (Å²) in [5, 5.41) is 0.740. The SMILES string of the molecule is Cc1ccc(Cl)cc1N1CCN(C(=O)[C@@H](C)SCc2ccccc2)CC1. The normalized spacial score (nSPS) is 15.8. The van der Waals surface area contributed by atoms with Crippen LogP contribution in [0.5, 0.6) is 0 Å². The van der Waals surface area contributed by atoms with E-state index < -0.39 is 0 Å². The Bertz CT molecular complexity index is 745. The van der Waals surface area contributed by atoms with Gasteiger partial charge in [-0.15, -0.1) is 11.8 Å². The number of halogens is 1. The van der Waals surface area contributed by atoms with Crippen LogP contribution in [0.25, 0.3) is 0 Å². The van der Waals surface area contributed by atoms with E-state index in [1.54, 1.807) is 11.8 Å². The van der Waals surface area contributed by atoms with Crippen molar-refractivity contribution in [2.24, 2.45) is 0 Å². The molecule has 3 nitrogen and oxygen atoms in total. The molecule has 26 heavy (non-hydrogen) atoms. The second kappa shape index (κ2) is 8.83. The Balaban J connectivity index is 1.52. The van der Waals surface area contributed by atoms with Gasteiger partial charge in [-0.2, -0.15) is 0 Å². The van der Waals surface area contributed by atoms with Gasteiger partial charge in [0.05, 0.1) is 5.25 Å². The number of carbonyl (C=O) groups excluding carboxylic acids is 1. The molecule has 2 aromatic rings. The van der Waals surface area contributed by atoms with Crippen LogP contribution >= 0.6 is 23.4 Å². The maximum atomic E-state index is 12.7. The largest absolute Gasteiger partial charge is 0.368 e. The topological polar surface area (TPSA) is 23.6 Å². The summed E-state index contributed by atoms with van der Waals surface area (Å²) in [7, 11) is 0. The zero-order valence-electron chi connectivity index (χ0n) is 15.3. The first-order chi connectivity index (χ1) is 12.5. The summed E-state index contributed by atoms with van der Waals surface area (Å²) in [6.45, 7) is 7.35. The molecule has 1 aliphatic rings. The summed E-state index contributed by atoms with van der Waals surface area (Å²) in [5.74, 6) is 1.11. The van der Waals surface area contributed by atoms with E-state index in [0.29, 0.717) is 0 Å². The maximum Gasteiger partial charge on any atom is 0.235 e. The fourth-order valence-corrected chi connectivity index (χ4v) is 4.31. The predicted molar refractivity (Wildman–Crippen MR) is 112 cm³/mol. The average Bonchev–Trinajstić information content (AvgIpc) is 2.68. The minimum atomic E-state index is -0.0188. The van der Waals surface area contributed by atoms with Gasteiger partial charge in [-0.1, -0.05) is 48.0 Å². The number of carbonyl (C=O) groups is 1. The van der Waals surface area contributed by atoms with E-state index in [4.69, 9.17) is 11.6 Å². The number of hydrogen-bond donors (Lipinski definition) is 0. The van der Waals surface area contributed by atoms with Crippen LogP contribution in [-0.2, 0) is 10.5 Å². The maximum absolute atomic E-state index is 12.7. The summed E-state index contributed by atoms with van der Waals surface area (Å²) in [5.41, 5.74) is 3.66.